The molecule has 0 bridgehead atoms. The summed E-state index contributed by atoms with van der Waals surface area (Å²) in [5.74, 6) is 0.792. The number of aliphatic hydroxyl groups excluding tert-OH is 1. The van der Waals surface area contributed by atoms with Crippen LogP contribution in [0.2, 0.25) is 0 Å². The van der Waals surface area contributed by atoms with Crippen molar-refractivity contribution in [2.45, 2.75) is 25.3 Å². The lowest BCUT2D eigenvalue weighted by molar-refractivity contribution is 0.244. The van der Waals surface area contributed by atoms with Gasteiger partial charge in [-0.2, -0.15) is 4.31 Å². The molecule has 1 aromatic heterocycles. The van der Waals surface area contributed by atoms with Gasteiger partial charge < -0.3 is 14.3 Å². The first-order valence-electron chi connectivity index (χ1n) is 7.18. The van der Waals surface area contributed by atoms with Gasteiger partial charge in [-0.3, -0.25) is 0 Å². The number of ether oxygens (including phenoxy) is 1. The van der Waals surface area contributed by atoms with Crippen LogP contribution in [-0.4, -0.2) is 38.1 Å². The number of aliphatic hydroxyl groups is 1. The summed E-state index contributed by atoms with van der Waals surface area (Å²) in [7, 11) is -2.40. The Morgan fingerprint density at radius 1 is 1.26 bits per heavy atom. The molecule has 0 saturated carbocycles. The van der Waals surface area contributed by atoms with Crippen molar-refractivity contribution in [2.75, 3.05) is 20.3 Å². The monoisotopic (exact) mass is 339 g/mol. The van der Waals surface area contributed by atoms with Crippen LogP contribution in [0.3, 0.4) is 0 Å². The number of sulfonamides is 1. The second-order valence-electron chi connectivity index (χ2n) is 5.23. The fraction of sp³-hybridized carbons (Fsp3) is 0.375. The van der Waals surface area contributed by atoms with Gasteiger partial charge in [0.2, 0.25) is 10.0 Å². The van der Waals surface area contributed by atoms with Gasteiger partial charge >= 0.3 is 0 Å². The van der Waals surface area contributed by atoms with Crippen LogP contribution in [0.4, 0.5) is 0 Å². The van der Waals surface area contributed by atoms with Crippen molar-refractivity contribution in [3.05, 3.63) is 47.4 Å². The number of nitrogens with zero attached hydrogens (tertiary/aromatic N) is 1. The molecule has 1 aromatic carbocycles. The molecule has 0 aliphatic heterocycles. The minimum absolute atomic E-state index is 0.0287. The summed E-state index contributed by atoms with van der Waals surface area (Å²) in [5.41, 5.74) is 1.80. The average Bonchev–Trinajstić information content (AvgIpc) is 3.02. The third kappa shape index (κ3) is 3.74. The molecule has 0 atom stereocenters. The molecule has 0 saturated heterocycles. The first kappa shape index (κ1) is 17.5. The number of aryl methyl sites for hydroxylation is 2. The van der Waals surface area contributed by atoms with Gasteiger partial charge in [-0.15, -0.1) is 0 Å². The molecule has 0 amide bonds. The largest absolute Gasteiger partial charge is 0.495 e. The second kappa shape index (κ2) is 7.16. The highest BCUT2D eigenvalue weighted by molar-refractivity contribution is 7.89. The molecule has 126 valence electrons. The predicted molar refractivity (Wildman–Crippen MR) is 85.9 cm³/mol. The molecule has 1 N–H and O–H groups in total. The van der Waals surface area contributed by atoms with Crippen molar-refractivity contribution in [1.82, 2.24) is 4.31 Å². The van der Waals surface area contributed by atoms with Crippen LogP contribution in [0.1, 0.15) is 16.9 Å². The van der Waals surface area contributed by atoms with E-state index >= 15 is 0 Å². The van der Waals surface area contributed by atoms with Crippen LogP contribution in [0.25, 0.3) is 0 Å². The summed E-state index contributed by atoms with van der Waals surface area (Å²) >= 11 is 0. The first-order valence-corrected chi connectivity index (χ1v) is 8.62. The lowest BCUT2D eigenvalue weighted by Crippen LogP contribution is -2.33. The van der Waals surface area contributed by atoms with E-state index in [0.29, 0.717) is 5.76 Å². The maximum absolute atomic E-state index is 13.0. The lowest BCUT2D eigenvalue weighted by Gasteiger charge is -2.22. The van der Waals surface area contributed by atoms with Crippen molar-refractivity contribution in [3.8, 4) is 5.75 Å². The molecule has 0 fully saturated rings. The van der Waals surface area contributed by atoms with Gasteiger partial charge in [0.25, 0.3) is 0 Å². The second-order valence-corrected chi connectivity index (χ2v) is 7.14. The summed E-state index contributed by atoms with van der Waals surface area (Å²) < 4.78 is 37.6. The minimum Gasteiger partial charge on any atom is -0.495 e. The van der Waals surface area contributed by atoms with E-state index in [-0.39, 0.29) is 30.3 Å². The van der Waals surface area contributed by atoms with Gasteiger partial charge in [0.15, 0.2) is 0 Å². The SMILES string of the molecule is COc1cc(C)c(C)cc1S(=O)(=O)N(CCO)Cc1ccco1. The van der Waals surface area contributed by atoms with E-state index in [1.165, 1.54) is 17.7 Å². The maximum atomic E-state index is 13.0. The Balaban J connectivity index is 2.47. The van der Waals surface area contributed by atoms with Crippen molar-refractivity contribution in [3.63, 3.8) is 0 Å². The normalized spacial score (nSPS) is 11.9. The predicted octanol–water partition coefficient (Wildman–Crippen LogP) is 2.09. The van der Waals surface area contributed by atoms with Gasteiger partial charge in [-0.25, -0.2) is 8.42 Å². The fourth-order valence-corrected chi connectivity index (χ4v) is 3.86. The molecule has 0 radical (unpaired) electrons. The highest BCUT2D eigenvalue weighted by Crippen LogP contribution is 2.30. The molecule has 7 heteroatoms. The highest BCUT2D eigenvalue weighted by atomic mass is 32.2. The molecule has 0 unspecified atom stereocenters. The zero-order valence-corrected chi connectivity index (χ0v) is 14.3. The Hall–Kier alpha value is -1.83. The van der Waals surface area contributed by atoms with Crippen molar-refractivity contribution < 1.29 is 22.7 Å². The summed E-state index contributed by atoms with van der Waals surface area (Å²) in [6.07, 6.45) is 1.48. The summed E-state index contributed by atoms with van der Waals surface area (Å²) in [6.45, 7) is 3.47. The molecule has 1 heterocycles. The van der Waals surface area contributed by atoms with Crippen molar-refractivity contribution in [2.24, 2.45) is 0 Å². The number of benzene rings is 1. The van der Waals surface area contributed by atoms with Gasteiger partial charge in [0, 0.05) is 6.54 Å². The zero-order chi connectivity index (χ0) is 17.0. The van der Waals surface area contributed by atoms with E-state index < -0.39 is 10.0 Å². The van der Waals surface area contributed by atoms with Crippen LogP contribution in [0.5, 0.6) is 5.75 Å². The van der Waals surface area contributed by atoms with E-state index in [4.69, 9.17) is 9.15 Å². The van der Waals surface area contributed by atoms with Gasteiger partial charge in [0.1, 0.15) is 16.4 Å². The van der Waals surface area contributed by atoms with E-state index in [1.807, 2.05) is 13.8 Å². The quantitative estimate of drug-likeness (QED) is 0.835. The van der Waals surface area contributed by atoms with Crippen molar-refractivity contribution >= 4 is 10.0 Å². The van der Waals surface area contributed by atoms with E-state index in [1.54, 1.807) is 24.3 Å². The molecule has 0 spiro atoms. The Morgan fingerprint density at radius 2 is 1.96 bits per heavy atom. The molecule has 0 aliphatic carbocycles. The number of methoxy groups -OCH3 is 1. The fourth-order valence-electron chi connectivity index (χ4n) is 2.24. The smallest absolute Gasteiger partial charge is 0.247 e. The highest BCUT2D eigenvalue weighted by Gasteiger charge is 2.28. The van der Waals surface area contributed by atoms with Crippen LogP contribution >= 0.6 is 0 Å². The third-order valence-corrected chi connectivity index (χ3v) is 5.53. The van der Waals surface area contributed by atoms with E-state index in [9.17, 15) is 13.5 Å². The van der Waals surface area contributed by atoms with Crippen molar-refractivity contribution in [1.29, 1.82) is 0 Å². The number of hydrogen-bond acceptors (Lipinski definition) is 5. The molecule has 2 rings (SSSR count). The number of rotatable bonds is 7. The Bertz CT molecular complexity index is 753. The maximum Gasteiger partial charge on any atom is 0.247 e. The standard InChI is InChI=1S/C16H21NO5S/c1-12-9-15(21-3)16(10-13(12)2)23(19,20)17(6-7-18)11-14-5-4-8-22-14/h4-5,8-10,18H,6-7,11H2,1-3H3. The molecular formula is C16H21NO5S. The van der Waals surface area contributed by atoms with Gasteiger partial charge in [-0.05, 0) is 49.2 Å². The molecule has 2 aromatic rings. The third-order valence-electron chi connectivity index (χ3n) is 3.66. The summed E-state index contributed by atoms with van der Waals surface area (Å²) in [4.78, 5) is 0.0862. The number of hydrogen-bond donors (Lipinski definition) is 1. The Kier molecular flexibility index (Phi) is 5.46. The Labute approximate surface area is 136 Å². The van der Waals surface area contributed by atoms with E-state index in [0.717, 1.165) is 11.1 Å². The van der Waals surface area contributed by atoms with Gasteiger partial charge in [-0.1, -0.05) is 0 Å². The van der Waals surface area contributed by atoms with E-state index in [2.05, 4.69) is 0 Å². The Morgan fingerprint density at radius 3 is 2.52 bits per heavy atom. The average molecular weight is 339 g/mol. The minimum atomic E-state index is -3.83. The van der Waals surface area contributed by atoms with Crippen LogP contribution in [-0.2, 0) is 16.6 Å². The number of furan rings is 1. The molecule has 0 aliphatic rings. The van der Waals surface area contributed by atoms with Crippen LogP contribution < -0.4 is 4.74 Å². The first-order chi connectivity index (χ1) is 10.9. The van der Waals surface area contributed by atoms with Crippen LogP contribution in [0, 0.1) is 13.8 Å². The molecule has 6 nitrogen and oxygen atoms in total. The zero-order valence-electron chi connectivity index (χ0n) is 13.4. The van der Waals surface area contributed by atoms with Crippen LogP contribution in [0.15, 0.2) is 39.8 Å². The molecule has 23 heavy (non-hydrogen) atoms. The topological polar surface area (TPSA) is 80.0 Å². The lowest BCUT2D eigenvalue weighted by atomic mass is 10.1. The summed E-state index contributed by atoms with van der Waals surface area (Å²) in [5, 5.41) is 9.23. The summed E-state index contributed by atoms with van der Waals surface area (Å²) in [6, 6.07) is 6.68. The van der Waals surface area contributed by atoms with Gasteiger partial charge in [0.05, 0.1) is 26.5 Å². The molecular weight excluding hydrogens is 318 g/mol.